The van der Waals surface area contributed by atoms with Gasteiger partial charge in [-0.3, -0.25) is 0 Å². The monoisotopic (exact) mass is 224 g/mol. The van der Waals surface area contributed by atoms with E-state index in [0.29, 0.717) is 6.42 Å². The molecule has 1 nitrogen and oxygen atoms in total. The Morgan fingerprint density at radius 2 is 2.25 bits per heavy atom. The third-order valence-electron chi connectivity index (χ3n) is 1.39. The van der Waals surface area contributed by atoms with E-state index < -0.39 is 0 Å². The molecule has 0 aliphatic heterocycles. The number of hydrogen-bond donors (Lipinski definition) is 0. The van der Waals surface area contributed by atoms with Crippen LogP contribution >= 0.6 is 15.9 Å². The summed E-state index contributed by atoms with van der Waals surface area (Å²) in [6.45, 7) is 0. The van der Waals surface area contributed by atoms with Crippen LogP contribution in [0.2, 0.25) is 0 Å². The van der Waals surface area contributed by atoms with Crippen LogP contribution in [0.15, 0.2) is 34.8 Å². The number of allylic oxidation sites excluding steroid dienone is 1. The molecule has 0 saturated heterocycles. The van der Waals surface area contributed by atoms with Crippen LogP contribution in [-0.4, -0.2) is 6.29 Å². The first-order valence-corrected chi connectivity index (χ1v) is 4.48. The maximum Gasteiger partial charge on any atom is 0.123 e. The molecule has 0 unspecified atom stereocenters. The van der Waals surface area contributed by atoms with Crippen molar-refractivity contribution in [1.82, 2.24) is 0 Å². The van der Waals surface area contributed by atoms with Crippen LogP contribution < -0.4 is 0 Å². The second kappa shape index (κ2) is 4.88. The number of aldehydes is 1. The van der Waals surface area contributed by atoms with Gasteiger partial charge in [0.05, 0.1) is 0 Å². The summed E-state index contributed by atoms with van der Waals surface area (Å²) in [5.41, 5.74) is 1.10. The minimum Gasteiger partial charge on any atom is -0.303 e. The van der Waals surface area contributed by atoms with E-state index in [1.54, 1.807) is 0 Å². The van der Waals surface area contributed by atoms with Gasteiger partial charge in [0.1, 0.15) is 6.29 Å². The lowest BCUT2D eigenvalue weighted by Crippen LogP contribution is -1.71. The van der Waals surface area contributed by atoms with Crippen LogP contribution in [0.4, 0.5) is 0 Å². The highest BCUT2D eigenvalue weighted by Gasteiger charge is 1.86. The topological polar surface area (TPSA) is 17.1 Å². The van der Waals surface area contributed by atoms with E-state index in [0.717, 1.165) is 16.3 Å². The van der Waals surface area contributed by atoms with Gasteiger partial charge in [-0.05, 0) is 17.7 Å². The molecule has 62 valence electrons. The van der Waals surface area contributed by atoms with Crippen LogP contribution in [0.1, 0.15) is 12.0 Å². The minimum absolute atomic E-state index is 0.479. The Kier molecular flexibility index (Phi) is 3.74. The summed E-state index contributed by atoms with van der Waals surface area (Å²) >= 11 is 3.37. The van der Waals surface area contributed by atoms with Gasteiger partial charge in [-0.2, -0.15) is 0 Å². The molecule has 0 aromatic heterocycles. The molecule has 1 rings (SSSR count). The van der Waals surface area contributed by atoms with E-state index in [2.05, 4.69) is 15.9 Å². The minimum atomic E-state index is 0.479. The van der Waals surface area contributed by atoms with Crippen molar-refractivity contribution in [2.45, 2.75) is 6.42 Å². The largest absolute Gasteiger partial charge is 0.303 e. The molecule has 12 heavy (non-hydrogen) atoms. The molecule has 0 bridgehead atoms. The summed E-state index contributed by atoms with van der Waals surface area (Å²) in [4.78, 5) is 10.0. The van der Waals surface area contributed by atoms with Gasteiger partial charge >= 0.3 is 0 Å². The summed E-state index contributed by atoms with van der Waals surface area (Å²) < 4.78 is 1.05. The fourth-order valence-electron chi connectivity index (χ4n) is 0.870. The summed E-state index contributed by atoms with van der Waals surface area (Å²) in [5.74, 6) is 0. The number of benzene rings is 1. The molecule has 0 aliphatic rings. The third-order valence-corrected chi connectivity index (χ3v) is 1.88. The Balaban J connectivity index is 2.69. The van der Waals surface area contributed by atoms with Crippen molar-refractivity contribution >= 4 is 28.3 Å². The van der Waals surface area contributed by atoms with Gasteiger partial charge in [-0.15, -0.1) is 0 Å². The highest BCUT2D eigenvalue weighted by atomic mass is 79.9. The molecule has 0 radical (unpaired) electrons. The van der Waals surface area contributed by atoms with Crippen LogP contribution in [0.5, 0.6) is 0 Å². The molecule has 0 atom stereocenters. The standard InChI is InChI=1S/C10H9BrO/c11-10-6-3-5-9(8-10)4-1-2-7-12/h1,3-8H,2H2/b4-1+. The van der Waals surface area contributed by atoms with Crippen molar-refractivity contribution in [3.63, 3.8) is 0 Å². The van der Waals surface area contributed by atoms with Crippen LogP contribution in [0, 0.1) is 0 Å². The lowest BCUT2D eigenvalue weighted by molar-refractivity contribution is -0.107. The molecule has 1 aromatic rings. The van der Waals surface area contributed by atoms with Crippen molar-refractivity contribution in [3.05, 3.63) is 40.4 Å². The normalized spacial score (nSPS) is 10.4. The molecule has 0 aliphatic carbocycles. The highest BCUT2D eigenvalue weighted by Crippen LogP contribution is 2.12. The van der Waals surface area contributed by atoms with Crippen LogP contribution in [0.25, 0.3) is 6.08 Å². The zero-order chi connectivity index (χ0) is 8.81. The van der Waals surface area contributed by atoms with E-state index in [9.17, 15) is 4.79 Å². The fraction of sp³-hybridized carbons (Fsp3) is 0.100. The van der Waals surface area contributed by atoms with Crippen molar-refractivity contribution in [3.8, 4) is 0 Å². The van der Waals surface area contributed by atoms with E-state index in [1.165, 1.54) is 0 Å². The van der Waals surface area contributed by atoms with Gasteiger partial charge in [0.25, 0.3) is 0 Å². The van der Waals surface area contributed by atoms with Gasteiger partial charge in [0, 0.05) is 10.9 Å². The maximum atomic E-state index is 10.0. The Morgan fingerprint density at radius 1 is 1.42 bits per heavy atom. The van der Waals surface area contributed by atoms with Crippen molar-refractivity contribution < 1.29 is 4.79 Å². The van der Waals surface area contributed by atoms with Crippen molar-refractivity contribution in [1.29, 1.82) is 0 Å². The quantitative estimate of drug-likeness (QED) is 0.722. The molecular weight excluding hydrogens is 216 g/mol. The Morgan fingerprint density at radius 3 is 2.92 bits per heavy atom. The smallest absolute Gasteiger partial charge is 0.123 e. The number of carbonyl (C=O) groups excluding carboxylic acids is 1. The molecule has 2 heteroatoms. The lowest BCUT2D eigenvalue weighted by atomic mass is 10.2. The average Bonchev–Trinajstić information content (AvgIpc) is 2.05. The Hall–Kier alpha value is -0.890. The molecule has 1 aromatic carbocycles. The van der Waals surface area contributed by atoms with E-state index >= 15 is 0 Å². The number of halogens is 1. The average molecular weight is 225 g/mol. The molecule has 0 saturated carbocycles. The first-order valence-electron chi connectivity index (χ1n) is 3.68. The van der Waals surface area contributed by atoms with E-state index in [4.69, 9.17) is 0 Å². The van der Waals surface area contributed by atoms with Crippen LogP contribution in [-0.2, 0) is 4.79 Å². The van der Waals surface area contributed by atoms with Crippen molar-refractivity contribution in [2.75, 3.05) is 0 Å². The molecule has 0 N–H and O–H groups in total. The zero-order valence-corrected chi connectivity index (χ0v) is 8.12. The summed E-state index contributed by atoms with van der Waals surface area (Å²) in [6, 6.07) is 7.93. The molecule has 0 spiro atoms. The Labute approximate surface area is 80.2 Å². The summed E-state index contributed by atoms with van der Waals surface area (Å²) in [5, 5.41) is 0. The van der Waals surface area contributed by atoms with Crippen LogP contribution in [0.3, 0.4) is 0 Å². The van der Waals surface area contributed by atoms with Crippen molar-refractivity contribution in [2.24, 2.45) is 0 Å². The number of hydrogen-bond acceptors (Lipinski definition) is 1. The first-order chi connectivity index (χ1) is 5.83. The van der Waals surface area contributed by atoms with E-state index in [1.807, 2.05) is 36.4 Å². The molecular formula is C10H9BrO. The van der Waals surface area contributed by atoms with Gasteiger partial charge in [0.15, 0.2) is 0 Å². The molecule has 0 heterocycles. The Bertz CT molecular complexity index is 292. The predicted molar refractivity (Wildman–Crippen MR) is 53.9 cm³/mol. The zero-order valence-electron chi connectivity index (χ0n) is 6.53. The molecule has 0 amide bonds. The van der Waals surface area contributed by atoms with Gasteiger partial charge in [0.2, 0.25) is 0 Å². The molecule has 0 fully saturated rings. The SMILES string of the molecule is O=CC/C=C/c1cccc(Br)c1. The number of rotatable bonds is 3. The van der Waals surface area contributed by atoms with E-state index in [-0.39, 0.29) is 0 Å². The predicted octanol–water partition coefficient (Wildman–Crippen LogP) is 3.05. The second-order valence-electron chi connectivity index (χ2n) is 2.36. The fourth-order valence-corrected chi connectivity index (χ4v) is 1.29. The number of carbonyl (C=O) groups is 1. The summed E-state index contributed by atoms with van der Waals surface area (Å²) in [7, 11) is 0. The second-order valence-corrected chi connectivity index (χ2v) is 3.28. The highest BCUT2D eigenvalue weighted by molar-refractivity contribution is 9.10. The lowest BCUT2D eigenvalue weighted by Gasteiger charge is -1.92. The third kappa shape index (κ3) is 3.01. The van der Waals surface area contributed by atoms with Gasteiger partial charge in [-0.25, -0.2) is 0 Å². The first kappa shape index (κ1) is 9.20. The maximum absolute atomic E-state index is 10.0. The van der Waals surface area contributed by atoms with Gasteiger partial charge < -0.3 is 4.79 Å². The van der Waals surface area contributed by atoms with Gasteiger partial charge in [-0.1, -0.05) is 40.2 Å². The summed E-state index contributed by atoms with van der Waals surface area (Å²) in [6.07, 6.45) is 5.13.